The van der Waals surface area contributed by atoms with Crippen LogP contribution in [-0.4, -0.2) is 30.9 Å². The molecule has 2 N–H and O–H groups in total. The summed E-state index contributed by atoms with van der Waals surface area (Å²) in [6, 6.07) is 7.82. The molecule has 0 aliphatic heterocycles. The van der Waals surface area contributed by atoms with Crippen molar-refractivity contribution in [1.29, 1.82) is 0 Å². The Kier molecular flexibility index (Phi) is 7.62. The zero-order valence-electron chi connectivity index (χ0n) is 14.5. The lowest BCUT2D eigenvalue weighted by atomic mass is 10.2. The Balaban J connectivity index is 2.39. The summed E-state index contributed by atoms with van der Waals surface area (Å²) in [5, 5.41) is 6.11. The van der Waals surface area contributed by atoms with Crippen LogP contribution in [0.4, 0.5) is 4.79 Å². The van der Waals surface area contributed by atoms with Gasteiger partial charge in [0.25, 0.3) is 0 Å². The standard InChI is InChI=1S/C18H28N2O3/c1-6-11-22-16-10-8-7-9-15(16)13-19-12-14(2)20-17(21)23-18(3,4)5/h6-10,14,19H,1,11-13H2,2-5H3,(H,20,21). The van der Waals surface area contributed by atoms with E-state index in [1.807, 2.05) is 52.0 Å². The van der Waals surface area contributed by atoms with E-state index in [1.54, 1.807) is 6.08 Å². The quantitative estimate of drug-likeness (QED) is 0.722. The molecule has 23 heavy (non-hydrogen) atoms. The number of hydrogen-bond acceptors (Lipinski definition) is 4. The predicted molar refractivity (Wildman–Crippen MR) is 92.7 cm³/mol. The van der Waals surface area contributed by atoms with Crippen LogP contribution in [0.25, 0.3) is 0 Å². The number of benzene rings is 1. The summed E-state index contributed by atoms with van der Waals surface area (Å²) in [5.41, 5.74) is 0.581. The highest BCUT2D eigenvalue weighted by atomic mass is 16.6. The molecule has 1 aromatic carbocycles. The number of para-hydroxylation sites is 1. The van der Waals surface area contributed by atoms with Crippen LogP contribution in [0.15, 0.2) is 36.9 Å². The highest BCUT2D eigenvalue weighted by Gasteiger charge is 2.17. The van der Waals surface area contributed by atoms with Crippen molar-refractivity contribution < 1.29 is 14.3 Å². The highest BCUT2D eigenvalue weighted by Crippen LogP contribution is 2.17. The molecular weight excluding hydrogens is 292 g/mol. The number of carbonyl (C=O) groups excluding carboxylic acids is 1. The molecule has 0 aliphatic rings. The largest absolute Gasteiger partial charge is 0.489 e. The molecule has 128 valence electrons. The van der Waals surface area contributed by atoms with Crippen molar-refractivity contribution in [3.63, 3.8) is 0 Å². The number of carbonyl (C=O) groups is 1. The zero-order chi connectivity index (χ0) is 17.3. The number of ether oxygens (including phenoxy) is 2. The van der Waals surface area contributed by atoms with Gasteiger partial charge in [-0.05, 0) is 33.8 Å². The van der Waals surface area contributed by atoms with Crippen molar-refractivity contribution in [3.8, 4) is 5.75 Å². The fraction of sp³-hybridized carbons (Fsp3) is 0.500. The summed E-state index contributed by atoms with van der Waals surface area (Å²) in [6.45, 7) is 12.9. The molecule has 0 heterocycles. The SMILES string of the molecule is C=CCOc1ccccc1CNCC(C)NC(=O)OC(C)(C)C. The van der Waals surface area contributed by atoms with Crippen LogP contribution >= 0.6 is 0 Å². The molecule has 0 fully saturated rings. The first kappa shape index (κ1) is 19.0. The van der Waals surface area contributed by atoms with Crippen LogP contribution in [0.5, 0.6) is 5.75 Å². The van der Waals surface area contributed by atoms with E-state index in [9.17, 15) is 4.79 Å². The topological polar surface area (TPSA) is 59.6 Å². The van der Waals surface area contributed by atoms with Gasteiger partial charge in [-0.25, -0.2) is 4.79 Å². The molecule has 1 atom stereocenters. The average Bonchev–Trinajstić information content (AvgIpc) is 2.44. The van der Waals surface area contributed by atoms with Gasteiger partial charge in [0.15, 0.2) is 0 Å². The van der Waals surface area contributed by atoms with Crippen LogP contribution in [0.1, 0.15) is 33.3 Å². The molecular formula is C18H28N2O3. The molecule has 5 heteroatoms. The summed E-state index contributed by atoms with van der Waals surface area (Å²) in [5.74, 6) is 0.840. The second kappa shape index (κ2) is 9.20. The zero-order valence-corrected chi connectivity index (χ0v) is 14.5. The monoisotopic (exact) mass is 320 g/mol. The number of alkyl carbamates (subject to hydrolysis) is 1. The molecule has 0 bridgehead atoms. The van der Waals surface area contributed by atoms with Gasteiger partial charge in [-0.3, -0.25) is 0 Å². The Morgan fingerprint density at radius 3 is 2.70 bits per heavy atom. The number of nitrogens with one attached hydrogen (secondary N) is 2. The summed E-state index contributed by atoms with van der Waals surface area (Å²) >= 11 is 0. The van der Waals surface area contributed by atoms with Gasteiger partial charge < -0.3 is 20.1 Å². The normalized spacial score (nSPS) is 12.3. The van der Waals surface area contributed by atoms with Gasteiger partial charge in [0.05, 0.1) is 0 Å². The van der Waals surface area contributed by atoms with Crippen LogP contribution < -0.4 is 15.4 Å². The van der Waals surface area contributed by atoms with Crippen LogP contribution in [0.3, 0.4) is 0 Å². The summed E-state index contributed by atoms with van der Waals surface area (Å²) < 4.78 is 10.8. The van der Waals surface area contributed by atoms with Crippen LogP contribution in [0.2, 0.25) is 0 Å². The first-order valence-corrected chi connectivity index (χ1v) is 7.83. The first-order valence-electron chi connectivity index (χ1n) is 7.83. The van der Waals surface area contributed by atoms with Gasteiger partial charge in [0, 0.05) is 24.7 Å². The van der Waals surface area contributed by atoms with Gasteiger partial charge in [0.2, 0.25) is 0 Å². The number of amides is 1. The van der Waals surface area contributed by atoms with Gasteiger partial charge >= 0.3 is 6.09 Å². The van der Waals surface area contributed by atoms with Gasteiger partial charge in [0.1, 0.15) is 18.0 Å². The molecule has 0 spiro atoms. The van der Waals surface area contributed by atoms with Gasteiger partial charge in [-0.15, -0.1) is 0 Å². The van der Waals surface area contributed by atoms with Gasteiger partial charge in [-0.1, -0.05) is 30.9 Å². The fourth-order valence-electron chi connectivity index (χ4n) is 1.92. The van der Waals surface area contributed by atoms with E-state index in [-0.39, 0.29) is 6.04 Å². The van der Waals surface area contributed by atoms with Crippen molar-refractivity contribution in [2.45, 2.75) is 45.9 Å². The third-order valence-corrected chi connectivity index (χ3v) is 2.86. The predicted octanol–water partition coefficient (Wildman–Crippen LogP) is 3.25. The van der Waals surface area contributed by atoms with Crippen molar-refractivity contribution >= 4 is 6.09 Å². The highest BCUT2D eigenvalue weighted by molar-refractivity contribution is 5.68. The summed E-state index contributed by atoms with van der Waals surface area (Å²) in [7, 11) is 0. The van der Waals surface area contributed by atoms with Crippen LogP contribution in [-0.2, 0) is 11.3 Å². The minimum Gasteiger partial charge on any atom is -0.489 e. The van der Waals surface area contributed by atoms with E-state index < -0.39 is 11.7 Å². The minimum atomic E-state index is -0.487. The molecule has 0 saturated carbocycles. The lowest BCUT2D eigenvalue weighted by molar-refractivity contribution is 0.0508. The van der Waals surface area contributed by atoms with Crippen molar-refractivity contribution in [1.82, 2.24) is 10.6 Å². The molecule has 0 aromatic heterocycles. The van der Waals surface area contributed by atoms with E-state index in [2.05, 4.69) is 17.2 Å². The molecule has 0 aliphatic carbocycles. The fourth-order valence-corrected chi connectivity index (χ4v) is 1.92. The van der Waals surface area contributed by atoms with E-state index >= 15 is 0 Å². The summed E-state index contributed by atoms with van der Waals surface area (Å²) in [6.07, 6.45) is 1.32. The molecule has 0 radical (unpaired) electrons. The minimum absolute atomic E-state index is 0.0360. The lowest BCUT2D eigenvalue weighted by Crippen LogP contribution is -2.42. The van der Waals surface area contributed by atoms with E-state index in [0.717, 1.165) is 11.3 Å². The number of hydrogen-bond donors (Lipinski definition) is 2. The number of rotatable bonds is 8. The van der Waals surface area contributed by atoms with Crippen molar-refractivity contribution in [2.24, 2.45) is 0 Å². The Labute approximate surface area is 139 Å². The Morgan fingerprint density at radius 2 is 2.04 bits per heavy atom. The Bertz CT molecular complexity index is 509. The van der Waals surface area contributed by atoms with E-state index in [0.29, 0.717) is 19.7 Å². The lowest BCUT2D eigenvalue weighted by Gasteiger charge is -2.22. The Morgan fingerprint density at radius 1 is 1.35 bits per heavy atom. The molecule has 1 amide bonds. The molecule has 0 saturated heterocycles. The smallest absolute Gasteiger partial charge is 0.407 e. The van der Waals surface area contributed by atoms with Crippen LogP contribution in [0, 0.1) is 0 Å². The third-order valence-electron chi connectivity index (χ3n) is 2.86. The third kappa shape index (κ3) is 8.26. The van der Waals surface area contributed by atoms with E-state index in [4.69, 9.17) is 9.47 Å². The molecule has 1 unspecified atom stereocenters. The first-order chi connectivity index (χ1) is 10.8. The van der Waals surface area contributed by atoms with Gasteiger partial charge in [-0.2, -0.15) is 0 Å². The van der Waals surface area contributed by atoms with Crippen molar-refractivity contribution in [2.75, 3.05) is 13.2 Å². The Hall–Kier alpha value is -2.01. The molecule has 1 rings (SSSR count). The molecule has 1 aromatic rings. The second-order valence-corrected chi connectivity index (χ2v) is 6.39. The second-order valence-electron chi connectivity index (χ2n) is 6.39. The maximum Gasteiger partial charge on any atom is 0.407 e. The molecule has 5 nitrogen and oxygen atoms in total. The maximum absolute atomic E-state index is 11.7. The van der Waals surface area contributed by atoms with E-state index in [1.165, 1.54) is 0 Å². The summed E-state index contributed by atoms with van der Waals surface area (Å²) in [4.78, 5) is 11.7. The van der Waals surface area contributed by atoms with Crippen molar-refractivity contribution in [3.05, 3.63) is 42.5 Å². The average molecular weight is 320 g/mol. The maximum atomic E-state index is 11.7.